The van der Waals surface area contributed by atoms with Crippen molar-refractivity contribution in [3.8, 4) is 6.07 Å². The lowest BCUT2D eigenvalue weighted by atomic mass is 10.2. The molecule has 2 aromatic rings. The number of nitrogens with zero attached hydrogens (tertiary/aromatic N) is 3. The minimum absolute atomic E-state index is 0.547. The standard InChI is InChI=1S/C12H14N4/c1-16-9-15-11-7-10(3-4-12(11)16)8-14-6-2-5-13/h3-4,7,9,14H,2,6,8H2,1H3. The first kappa shape index (κ1) is 10.7. The van der Waals surface area contributed by atoms with Gasteiger partial charge in [-0.15, -0.1) is 0 Å². The molecular weight excluding hydrogens is 200 g/mol. The molecule has 0 fully saturated rings. The first-order chi connectivity index (χ1) is 7.81. The average molecular weight is 214 g/mol. The van der Waals surface area contributed by atoms with Crippen LogP contribution in [0.15, 0.2) is 24.5 Å². The number of fused-ring (bicyclic) bond motifs is 1. The van der Waals surface area contributed by atoms with Crippen LogP contribution in [0.4, 0.5) is 0 Å². The molecule has 0 aliphatic carbocycles. The highest BCUT2D eigenvalue weighted by atomic mass is 15.0. The zero-order valence-corrected chi connectivity index (χ0v) is 9.27. The minimum Gasteiger partial charge on any atom is -0.334 e. The van der Waals surface area contributed by atoms with Gasteiger partial charge in [-0.1, -0.05) is 6.07 Å². The summed E-state index contributed by atoms with van der Waals surface area (Å²) >= 11 is 0. The van der Waals surface area contributed by atoms with Crippen LogP contribution in [-0.2, 0) is 13.6 Å². The molecule has 1 aromatic heterocycles. The third-order valence-electron chi connectivity index (χ3n) is 2.53. The van der Waals surface area contributed by atoms with E-state index in [-0.39, 0.29) is 0 Å². The molecular formula is C12H14N4. The molecule has 82 valence electrons. The summed E-state index contributed by atoms with van der Waals surface area (Å²) in [5, 5.41) is 11.6. The van der Waals surface area contributed by atoms with Crippen LogP contribution in [0.5, 0.6) is 0 Å². The third-order valence-corrected chi connectivity index (χ3v) is 2.53. The van der Waals surface area contributed by atoms with E-state index in [1.54, 1.807) is 0 Å². The molecule has 0 atom stereocenters. The second-order valence-electron chi connectivity index (χ2n) is 3.76. The van der Waals surface area contributed by atoms with Crippen molar-refractivity contribution in [2.24, 2.45) is 7.05 Å². The summed E-state index contributed by atoms with van der Waals surface area (Å²) in [6, 6.07) is 8.35. The lowest BCUT2D eigenvalue weighted by Gasteiger charge is -2.02. The smallest absolute Gasteiger partial charge is 0.0955 e. The van der Waals surface area contributed by atoms with Gasteiger partial charge in [0.15, 0.2) is 0 Å². The van der Waals surface area contributed by atoms with Crippen LogP contribution in [0.1, 0.15) is 12.0 Å². The normalized spacial score (nSPS) is 10.5. The van der Waals surface area contributed by atoms with Gasteiger partial charge < -0.3 is 9.88 Å². The maximum Gasteiger partial charge on any atom is 0.0955 e. The molecule has 0 unspecified atom stereocenters. The average Bonchev–Trinajstić information content (AvgIpc) is 2.66. The molecule has 0 amide bonds. The molecule has 1 heterocycles. The van der Waals surface area contributed by atoms with Gasteiger partial charge in [-0.05, 0) is 17.7 Å². The van der Waals surface area contributed by atoms with Crippen molar-refractivity contribution in [1.82, 2.24) is 14.9 Å². The molecule has 1 aromatic carbocycles. The number of imidazole rings is 1. The largest absolute Gasteiger partial charge is 0.334 e. The zero-order valence-electron chi connectivity index (χ0n) is 9.27. The second-order valence-corrected chi connectivity index (χ2v) is 3.76. The van der Waals surface area contributed by atoms with Crippen LogP contribution in [0, 0.1) is 11.3 Å². The summed E-state index contributed by atoms with van der Waals surface area (Å²) in [7, 11) is 1.99. The van der Waals surface area contributed by atoms with Crippen LogP contribution in [0.2, 0.25) is 0 Å². The Morgan fingerprint density at radius 1 is 1.50 bits per heavy atom. The summed E-state index contributed by atoms with van der Waals surface area (Å²) in [5.74, 6) is 0. The molecule has 1 N–H and O–H groups in total. The van der Waals surface area contributed by atoms with E-state index in [9.17, 15) is 0 Å². The lowest BCUT2D eigenvalue weighted by molar-refractivity contribution is 0.699. The molecule has 0 bridgehead atoms. The first-order valence-corrected chi connectivity index (χ1v) is 5.29. The Morgan fingerprint density at radius 3 is 3.19 bits per heavy atom. The van der Waals surface area contributed by atoms with Gasteiger partial charge in [0.25, 0.3) is 0 Å². The maximum absolute atomic E-state index is 8.40. The number of aromatic nitrogens is 2. The van der Waals surface area contributed by atoms with Crippen LogP contribution in [-0.4, -0.2) is 16.1 Å². The monoisotopic (exact) mass is 214 g/mol. The fourth-order valence-corrected chi connectivity index (χ4v) is 1.67. The van der Waals surface area contributed by atoms with Crippen molar-refractivity contribution in [2.45, 2.75) is 13.0 Å². The molecule has 0 spiro atoms. The molecule has 16 heavy (non-hydrogen) atoms. The molecule has 2 rings (SSSR count). The molecule has 4 nitrogen and oxygen atoms in total. The molecule has 4 heteroatoms. The summed E-state index contributed by atoms with van der Waals surface area (Å²) in [4.78, 5) is 4.31. The van der Waals surface area contributed by atoms with E-state index in [4.69, 9.17) is 5.26 Å². The third kappa shape index (κ3) is 2.20. The van der Waals surface area contributed by atoms with E-state index >= 15 is 0 Å². The van der Waals surface area contributed by atoms with Crippen LogP contribution in [0.3, 0.4) is 0 Å². The van der Waals surface area contributed by atoms with Gasteiger partial charge in [0.1, 0.15) is 0 Å². The van der Waals surface area contributed by atoms with Gasteiger partial charge in [0, 0.05) is 26.6 Å². The Balaban J connectivity index is 2.06. The van der Waals surface area contributed by atoms with Crippen molar-refractivity contribution in [3.63, 3.8) is 0 Å². The van der Waals surface area contributed by atoms with E-state index < -0.39 is 0 Å². The number of rotatable bonds is 4. The van der Waals surface area contributed by atoms with Crippen LogP contribution in [0.25, 0.3) is 11.0 Å². The van der Waals surface area contributed by atoms with Gasteiger partial charge in [0.2, 0.25) is 0 Å². The predicted molar refractivity (Wildman–Crippen MR) is 62.7 cm³/mol. The predicted octanol–water partition coefficient (Wildman–Crippen LogP) is 1.58. The summed E-state index contributed by atoms with van der Waals surface area (Å²) in [6.45, 7) is 1.52. The van der Waals surface area contributed by atoms with Crippen molar-refractivity contribution in [3.05, 3.63) is 30.1 Å². The van der Waals surface area contributed by atoms with E-state index in [2.05, 4.69) is 34.6 Å². The van der Waals surface area contributed by atoms with Gasteiger partial charge in [-0.25, -0.2) is 4.98 Å². The highest BCUT2D eigenvalue weighted by molar-refractivity contribution is 5.75. The fraction of sp³-hybridized carbons (Fsp3) is 0.333. The van der Waals surface area contributed by atoms with Gasteiger partial charge in [0.05, 0.1) is 23.4 Å². The maximum atomic E-state index is 8.40. The highest BCUT2D eigenvalue weighted by Crippen LogP contribution is 2.13. The summed E-state index contributed by atoms with van der Waals surface area (Å²) in [5.41, 5.74) is 3.35. The van der Waals surface area contributed by atoms with Gasteiger partial charge >= 0.3 is 0 Å². The fourth-order valence-electron chi connectivity index (χ4n) is 1.67. The van der Waals surface area contributed by atoms with Gasteiger partial charge in [-0.3, -0.25) is 0 Å². The SMILES string of the molecule is Cn1cnc2cc(CNCCC#N)ccc21. The van der Waals surface area contributed by atoms with Crippen molar-refractivity contribution in [1.29, 1.82) is 5.26 Å². The van der Waals surface area contributed by atoms with Crippen molar-refractivity contribution >= 4 is 11.0 Å². The number of hydrogen-bond acceptors (Lipinski definition) is 3. The lowest BCUT2D eigenvalue weighted by Crippen LogP contribution is -2.13. The zero-order chi connectivity index (χ0) is 11.4. The molecule has 0 saturated carbocycles. The first-order valence-electron chi connectivity index (χ1n) is 5.29. The number of nitriles is 1. The molecule has 0 radical (unpaired) electrons. The Bertz CT molecular complexity index is 521. The second kappa shape index (κ2) is 4.77. The summed E-state index contributed by atoms with van der Waals surface area (Å²) in [6.07, 6.45) is 2.36. The van der Waals surface area contributed by atoms with E-state index in [0.717, 1.165) is 24.1 Å². The van der Waals surface area contributed by atoms with E-state index in [0.29, 0.717) is 6.42 Å². The van der Waals surface area contributed by atoms with E-state index in [1.165, 1.54) is 5.56 Å². The molecule has 0 aliphatic rings. The number of nitrogens with one attached hydrogen (secondary N) is 1. The highest BCUT2D eigenvalue weighted by Gasteiger charge is 2.00. The summed E-state index contributed by atoms with van der Waals surface area (Å²) < 4.78 is 2.00. The van der Waals surface area contributed by atoms with Crippen LogP contribution < -0.4 is 5.32 Å². The van der Waals surface area contributed by atoms with Crippen LogP contribution >= 0.6 is 0 Å². The van der Waals surface area contributed by atoms with E-state index in [1.807, 2.05) is 17.9 Å². The quantitative estimate of drug-likeness (QED) is 0.786. The Hall–Kier alpha value is -1.86. The van der Waals surface area contributed by atoms with Crippen molar-refractivity contribution < 1.29 is 0 Å². The number of hydrogen-bond donors (Lipinski definition) is 1. The molecule has 0 saturated heterocycles. The minimum atomic E-state index is 0.547. The number of aryl methyl sites for hydroxylation is 1. The topological polar surface area (TPSA) is 53.6 Å². The van der Waals surface area contributed by atoms with Crippen molar-refractivity contribution in [2.75, 3.05) is 6.54 Å². The number of benzene rings is 1. The Morgan fingerprint density at radius 2 is 2.38 bits per heavy atom. The Kier molecular flexibility index (Phi) is 3.18. The Labute approximate surface area is 94.5 Å². The van der Waals surface area contributed by atoms with Gasteiger partial charge in [-0.2, -0.15) is 5.26 Å². The molecule has 0 aliphatic heterocycles.